The molecular formula is C13H10N4O3S. The Morgan fingerprint density at radius 1 is 1.29 bits per heavy atom. The molecule has 0 fully saturated rings. The summed E-state index contributed by atoms with van der Waals surface area (Å²) in [6.45, 7) is 0. The number of carbonyl (C=O) groups excluding carboxylic acids is 2. The number of nitrogens with zero attached hydrogens (tertiary/aromatic N) is 2. The van der Waals surface area contributed by atoms with Crippen LogP contribution in [-0.2, 0) is 15.8 Å². The Kier molecular flexibility index (Phi) is 3.36. The molecule has 0 aliphatic carbocycles. The van der Waals surface area contributed by atoms with Gasteiger partial charge in [0.2, 0.25) is 0 Å². The number of carbonyl (C=O) groups is 2. The SMILES string of the molecule is O=C1C=C(n2cc(NC(=O)c3ccccc3)cn2)S(=O)N1. The minimum Gasteiger partial charge on any atom is -0.319 e. The maximum Gasteiger partial charge on any atom is 0.258 e. The van der Waals surface area contributed by atoms with E-state index in [0.717, 1.165) is 0 Å². The van der Waals surface area contributed by atoms with Gasteiger partial charge in [0.25, 0.3) is 11.8 Å². The highest BCUT2D eigenvalue weighted by Gasteiger charge is 2.22. The molecule has 1 aliphatic rings. The van der Waals surface area contributed by atoms with Crippen molar-refractivity contribution in [2.45, 2.75) is 0 Å². The molecule has 2 N–H and O–H groups in total. The Morgan fingerprint density at radius 3 is 2.71 bits per heavy atom. The van der Waals surface area contributed by atoms with Crippen LogP contribution in [0.15, 0.2) is 48.8 Å². The van der Waals surface area contributed by atoms with Crippen molar-refractivity contribution in [3.63, 3.8) is 0 Å². The summed E-state index contributed by atoms with van der Waals surface area (Å²) < 4.78 is 15.1. The second-order valence-corrected chi connectivity index (χ2v) is 5.37. The van der Waals surface area contributed by atoms with E-state index in [9.17, 15) is 13.8 Å². The van der Waals surface area contributed by atoms with Gasteiger partial charge in [0.1, 0.15) is 0 Å². The highest BCUT2D eigenvalue weighted by Crippen LogP contribution is 2.16. The molecule has 1 unspecified atom stereocenters. The number of benzene rings is 1. The van der Waals surface area contributed by atoms with Crippen LogP contribution in [-0.4, -0.2) is 25.8 Å². The first-order valence-electron chi connectivity index (χ1n) is 5.99. The summed E-state index contributed by atoms with van der Waals surface area (Å²) in [5, 5.41) is 6.87. The lowest BCUT2D eigenvalue weighted by molar-refractivity contribution is -0.114. The first-order valence-corrected chi connectivity index (χ1v) is 7.14. The van der Waals surface area contributed by atoms with Crippen molar-refractivity contribution in [1.29, 1.82) is 0 Å². The second-order valence-electron chi connectivity index (χ2n) is 4.21. The zero-order valence-corrected chi connectivity index (χ0v) is 11.5. The molecule has 1 aromatic carbocycles. The van der Waals surface area contributed by atoms with E-state index in [1.807, 2.05) is 6.07 Å². The maximum absolute atomic E-state index is 12.0. The monoisotopic (exact) mass is 302 g/mol. The number of amides is 2. The molecule has 0 saturated carbocycles. The first-order chi connectivity index (χ1) is 10.1. The summed E-state index contributed by atoms with van der Waals surface area (Å²) in [4.78, 5) is 23.1. The van der Waals surface area contributed by atoms with Gasteiger partial charge in [-0.3, -0.25) is 14.3 Å². The van der Waals surface area contributed by atoms with Crippen LogP contribution in [0.5, 0.6) is 0 Å². The topological polar surface area (TPSA) is 93.1 Å². The lowest BCUT2D eigenvalue weighted by atomic mass is 10.2. The van der Waals surface area contributed by atoms with Crippen LogP contribution in [0.3, 0.4) is 0 Å². The summed E-state index contributed by atoms with van der Waals surface area (Å²) >= 11 is 0. The molecule has 7 nitrogen and oxygen atoms in total. The number of hydrogen-bond acceptors (Lipinski definition) is 4. The van der Waals surface area contributed by atoms with Crippen molar-refractivity contribution in [3.05, 3.63) is 54.4 Å². The fraction of sp³-hybridized carbons (Fsp3) is 0. The zero-order chi connectivity index (χ0) is 14.8. The minimum atomic E-state index is -1.63. The van der Waals surface area contributed by atoms with Crippen LogP contribution < -0.4 is 10.0 Å². The van der Waals surface area contributed by atoms with Gasteiger partial charge < -0.3 is 5.32 Å². The van der Waals surface area contributed by atoms with E-state index in [0.29, 0.717) is 11.3 Å². The Balaban J connectivity index is 1.77. The molecule has 21 heavy (non-hydrogen) atoms. The summed E-state index contributed by atoms with van der Waals surface area (Å²) in [7, 11) is -1.63. The average molecular weight is 302 g/mol. The Hall–Kier alpha value is -2.74. The van der Waals surface area contributed by atoms with E-state index in [1.165, 1.54) is 23.2 Å². The van der Waals surface area contributed by atoms with Crippen molar-refractivity contribution in [1.82, 2.24) is 14.5 Å². The molecule has 106 valence electrons. The highest BCUT2D eigenvalue weighted by molar-refractivity contribution is 7.93. The summed E-state index contributed by atoms with van der Waals surface area (Å²) in [6, 6.07) is 8.73. The van der Waals surface area contributed by atoms with Crippen molar-refractivity contribution >= 4 is 33.5 Å². The molecule has 0 saturated heterocycles. The van der Waals surface area contributed by atoms with Gasteiger partial charge in [-0.15, -0.1) is 0 Å². The summed E-state index contributed by atoms with van der Waals surface area (Å²) in [5.74, 6) is -0.709. The predicted molar refractivity (Wildman–Crippen MR) is 77.2 cm³/mol. The van der Waals surface area contributed by atoms with Gasteiger partial charge in [-0.2, -0.15) is 5.10 Å². The smallest absolute Gasteiger partial charge is 0.258 e. The lowest BCUT2D eigenvalue weighted by Gasteiger charge is -2.02. The normalized spacial score (nSPS) is 17.2. The molecule has 2 heterocycles. The predicted octanol–water partition coefficient (Wildman–Crippen LogP) is 0.727. The van der Waals surface area contributed by atoms with E-state index >= 15 is 0 Å². The van der Waals surface area contributed by atoms with E-state index in [4.69, 9.17) is 0 Å². The van der Waals surface area contributed by atoms with Gasteiger partial charge >= 0.3 is 0 Å². The third-order valence-electron chi connectivity index (χ3n) is 2.74. The minimum absolute atomic E-state index is 0.222. The molecule has 0 radical (unpaired) electrons. The van der Waals surface area contributed by atoms with Crippen molar-refractivity contribution < 1.29 is 13.8 Å². The van der Waals surface area contributed by atoms with E-state index in [-0.39, 0.29) is 10.9 Å². The first kappa shape index (κ1) is 13.3. The Labute approximate surface area is 122 Å². The number of nitrogens with one attached hydrogen (secondary N) is 2. The quantitative estimate of drug-likeness (QED) is 0.874. The number of rotatable bonds is 3. The Morgan fingerprint density at radius 2 is 2.05 bits per heavy atom. The van der Waals surface area contributed by atoms with Crippen LogP contribution in [0.2, 0.25) is 0 Å². The van der Waals surface area contributed by atoms with Crippen LogP contribution >= 0.6 is 0 Å². The molecule has 1 aromatic heterocycles. The third-order valence-corrected chi connectivity index (χ3v) is 3.81. The van der Waals surface area contributed by atoms with Crippen molar-refractivity contribution in [2.75, 3.05) is 5.32 Å². The number of hydrogen-bond donors (Lipinski definition) is 2. The fourth-order valence-electron chi connectivity index (χ4n) is 1.79. The highest BCUT2D eigenvalue weighted by atomic mass is 32.2. The van der Waals surface area contributed by atoms with Gasteiger partial charge in [0.05, 0.1) is 18.1 Å². The van der Waals surface area contributed by atoms with E-state index in [1.54, 1.807) is 24.3 Å². The van der Waals surface area contributed by atoms with Crippen molar-refractivity contribution in [2.24, 2.45) is 0 Å². The molecular weight excluding hydrogens is 292 g/mol. The fourth-order valence-corrected chi connectivity index (χ4v) is 2.62. The van der Waals surface area contributed by atoms with Gasteiger partial charge in [-0.05, 0) is 12.1 Å². The summed E-state index contributed by atoms with van der Waals surface area (Å²) in [6.07, 6.45) is 4.11. The maximum atomic E-state index is 12.0. The largest absolute Gasteiger partial charge is 0.319 e. The molecule has 3 rings (SSSR count). The van der Waals surface area contributed by atoms with Gasteiger partial charge in [0, 0.05) is 11.6 Å². The Bertz CT molecular complexity index is 767. The molecule has 1 aliphatic heterocycles. The van der Waals surface area contributed by atoms with Gasteiger partial charge in [0.15, 0.2) is 16.0 Å². The molecule has 2 aromatic rings. The third kappa shape index (κ3) is 2.75. The number of anilines is 1. The van der Waals surface area contributed by atoms with E-state index < -0.39 is 16.9 Å². The average Bonchev–Trinajstić information content (AvgIpc) is 3.06. The molecule has 0 bridgehead atoms. The van der Waals surface area contributed by atoms with Crippen molar-refractivity contribution in [3.8, 4) is 0 Å². The molecule has 2 amide bonds. The van der Waals surface area contributed by atoms with E-state index in [2.05, 4.69) is 15.1 Å². The van der Waals surface area contributed by atoms with Crippen LogP contribution in [0, 0.1) is 0 Å². The zero-order valence-electron chi connectivity index (χ0n) is 10.6. The van der Waals surface area contributed by atoms with Gasteiger partial charge in [-0.1, -0.05) is 18.2 Å². The second kappa shape index (κ2) is 5.33. The number of aromatic nitrogens is 2. The lowest BCUT2D eigenvalue weighted by Crippen LogP contribution is -2.17. The van der Waals surface area contributed by atoms with Crippen LogP contribution in [0.25, 0.3) is 5.03 Å². The molecule has 1 atom stereocenters. The standard InChI is InChI=1S/C13H10N4O3S/c18-11-6-12(21(20)16-11)17-8-10(7-14-17)15-13(19)9-4-2-1-3-5-9/h1-8H,(H,15,19)(H,16,18). The van der Waals surface area contributed by atoms with Crippen LogP contribution in [0.4, 0.5) is 5.69 Å². The van der Waals surface area contributed by atoms with Crippen LogP contribution in [0.1, 0.15) is 10.4 Å². The van der Waals surface area contributed by atoms with Gasteiger partial charge in [-0.25, -0.2) is 8.89 Å². The molecule has 8 heteroatoms. The molecule has 0 spiro atoms. The summed E-state index contributed by atoms with van der Waals surface area (Å²) in [5.41, 5.74) is 0.965.